The normalized spacial score (nSPS) is 10.5. The number of benzene rings is 1. The van der Waals surface area contributed by atoms with Crippen LogP contribution in [-0.2, 0) is 6.54 Å². The maximum atomic E-state index is 10.6. The molecular formula is C12H12ClN3O3. The summed E-state index contributed by atoms with van der Waals surface area (Å²) in [6.45, 7) is 4.18. The van der Waals surface area contributed by atoms with Crippen molar-refractivity contribution >= 4 is 23.0 Å². The summed E-state index contributed by atoms with van der Waals surface area (Å²) in [5.74, 6) is 0.739. The van der Waals surface area contributed by atoms with E-state index in [0.29, 0.717) is 17.3 Å². The minimum Gasteiger partial charge on any atom is -0.380 e. The third-order valence-corrected chi connectivity index (χ3v) is 3.11. The van der Waals surface area contributed by atoms with Gasteiger partial charge in [-0.25, -0.2) is 0 Å². The molecule has 1 N–H and O–H groups in total. The van der Waals surface area contributed by atoms with Crippen molar-refractivity contribution in [1.82, 2.24) is 5.16 Å². The SMILES string of the molecule is Cc1noc(C)c1CNc1ccc([N+](=O)[O-])cc1Cl. The molecular weight excluding hydrogens is 270 g/mol. The highest BCUT2D eigenvalue weighted by Gasteiger charge is 2.12. The maximum Gasteiger partial charge on any atom is 0.271 e. The number of nitro groups is 1. The highest BCUT2D eigenvalue weighted by Crippen LogP contribution is 2.27. The molecule has 2 rings (SSSR count). The Labute approximate surface area is 114 Å². The molecule has 0 bridgehead atoms. The molecule has 1 heterocycles. The Morgan fingerprint density at radius 3 is 2.74 bits per heavy atom. The quantitative estimate of drug-likeness (QED) is 0.685. The van der Waals surface area contributed by atoms with Crippen molar-refractivity contribution in [2.45, 2.75) is 20.4 Å². The molecule has 7 heteroatoms. The Hall–Kier alpha value is -2.08. The summed E-state index contributed by atoms with van der Waals surface area (Å²) in [5, 5.41) is 17.9. The first-order valence-corrected chi connectivity index (χ1v) is 5.96. The fourth-order valence-corrected chi connectivity index (χ4v) is 1.94. The number of aryl methyl sites for hydroxylation is 2. The molecule has 0 saturated carbocycles. The van der Waals surface area contributed by atoms with Gasteiger partial charge in [0.2, 0.25) is 0 Å². The van der Waals surface area contributed by atoms with Crippen molar-refractivity contribution in [2.75, 3.05) is 5.32 Å². The molecule has 2 aromatic rings. The van der Waals surface area contributed by atoms with E-state index >= 15 is 0 Å². The molecule has 19 heavy (non-hydrogen) atoms. The second-order valence-corrected chi connectivity index (χ2v) is 4.48. The average molecular weight is 282 g/mol. The van der Waals surface area contributed by atoms with Gasteiger partial charge in [0, 0.05) is 24.2 Å². The fourth-order valence-electron chi connectivity index (χ4n) is 1.70. The van der Waals surface area contributed by atoms with E-state index in [0.717, 1.165) is 17.0 Å². The van der Waals surface area contributed by atoms with Crippen LogP contribution in [0.3, 0.4) is 0 Å². The first kappa shape index (κ1) is 13.4. The smallest absolute Gasteiger partial charge is 0.271 e. The molecule has 0 atom stereocenters. The van der Waals surface area contributed by atoms with Gasteiger partial charge in [0.05, 0.1) is 21.3 Å². The summed E-state index contributed by atoms with van der Waals surface area (Å²) in [5.41, 5.74) is 2.36. The minimum atomic E-state index is -0.482. The summed E-state index contributed by atoms with van der Waals surface area (Å²) in [7, 11) is 0. The number of nitrogens with zero attached hydrogens (tertiary/aromatic N) is 2. The van der Waals surface area contributed by atoms with Crippen LogP contribution in [-0.4, -0.2) is 10.1 Å². The Balaban J connectivity index is 2.14. The number of nitrogens with one attached hydrogen (secondary N) is 1. The monoisotopic (exact) mass is 281 g/mol. The maximum absolute atomic E-state index is 10.6. The zero-order valence-corrected chi connectivity index (χ0v) is 11.2. The largest absolute Gasteiger partial charge is 0.380 e. The van der Waals surface area contributed by atoms with E-state index in [1.54, 1.807) is 6.07 Å². The van der Waals surface area contributed by atoms with Crippen LogP contribution in [0.25, 0.3) is 0 Å². The van der Waals surface area contributed by atoms with Gasteiger partial charge in [-0.3, -0.25) is 10.1 Å². The van der Waals surface area contributed by atoms with Crippen molar-refractivity contribution < 1.29 is 9.45 Å². The molecule has 0 aliphatic carbocycles. The van der Waals surface area contributed by atoms with Crippen LogP contribution >= 0.6 is 11.6 Å². The molecule has 0 aliphatic heterocycles. The van der Waals surface area contributed by atoms with Gasteiger partial charge in [-0.1, -0.05) is 16.8 Å². The van der Waals surface area contributed by atoms with Crippen LogP contribution in [0.4, 0.5) is 11.4 Å². The van der Waals surface area contributed by atoms with Crippen LogP contribution in [0.5, 0.6) is 0 Å². The molecule has 0 unspecified atom stereocenters. The topological polar surface area (TPSA) is 81.2 Å². The van der Waals surface area contributed by atoms with E-state index in [4.69, 9.17) is 16.1 Å². The van der Waals surface area contributed by atoms with E-state index in [2.05, 4.69) is 10.5 Å². The van der Waals surface area contributed by atoms with E-state index in [-0.39, 0.29) is 5.69 Å². The summed E-state index contributed by atoms with van der Waals surface area (Å²) in [4.78, 5) is 10.1. The summed E-state index contributed by atoms with van der Waals surface area (Å²) < 4.78 is 5.05. The Morgan fingerprint density at radius 1 is 1.47 bits per heavy atom. The number of anilines is 1. The number of non-ortho nitro benzene ring substituents is 1. The Kier molecular flexibility index (Phi) is 3.71. The lowest BCUT2D eigenvalue weighted by molar-refractivity contribution is -0.384. The lowest BCUT2D eigenvalue weighted by atomic mass is 10.2. The number of nitro benzene ring substituents is 1. The molecule has 0 fully saturated rings. The highest BCUT2D eigenvalue weighted by molar-refractivity contribution is 6.33. The van der Waals surface area contributed by atoms with Gasteiger partial charge in [0.15, 0.2) is 0 Å². The van der Waals surface area contributed by atoms with Gasteiger partial charge >= 0.3 is 0 Å². The van der Waals surface area contributed by atoms with Gasteiger partial charge in [0.1, 0.15) is 5.76 Å². The van der Waals surface area contributed by atoms with Gasteiger partial charge in [-0.2, -0.15) is 0 Å². The number of rotatable bonds is 4. The Morgan fingerprint density at radius 2 is 2.21 bits per heavy atom. The van der Waals surface area contributed by atoms with Crippen molar-refractivity contribution in [3.8, 4) is 0 Å². The van der Waals surface area contributed by atoms with E-state index in [1.165, 1.54) is 12.1 Å². The summed E-state index contributed by atoms with van der Waals surface area (Å²) in [6.07, 6.45) is 0. The van der Waals surface area contributed by atoms with Crippen molar-refractivity contribution in [3.63, 3.8) is 0 Å². The molecule has 0 spiro atoms. The first-order chi connectivity index (χ1) is 8.99. The van der Waals surface area contributed by atoms with Gasteiger partial charge in [0.25, 0.3) is 5.69 Å². The molecule has 100 valence electrons. The van der Waals surface area contributed by atoms with E-state index < -0.39 is 4.92 Å². The highest BCUT2D eigenvalue weighted by atomic mass is 35.5. The van der Waals surface area contributed by atoms with Crippen molar-refractivity contribution in [2.24, 2.45) is 0 Å². The van der Waals surface area contributed by atoms with E-state index in [1.807, 2.05) is 13.8 Å². The van der Waals surface area contributed by atoms with Crippen LogP contribution in [0.2, 0.25) is 5.02 Å². The van der Waals surface area contributed by atoms with Gasteiger partial charge in [-0.05, 0) is 19.9 Å². The summed E-state index contributed by atoms with van der Waals surface area (Å²) >= 11 is 5.99. The zero-order chi connectivity index (χ0) is 14.0. The predicted molar refractivity (Wildman–Crippen MR) is 71.4 cm³/mol. The first-order valence-electron chi connectivity index (χ1n) is 5.58. The lowest BCUT2D eigenvalue weighted by Crippen LogP contribution is -2.02. The molecule has 0 saturated heterocycles. The van der Waals surface area contributed by atoms with Crippen LogP contribution in [0.1, 0.15) is 17.0 Å². The van der Waals surface area contributed by atoms with Crippen LogP contribution < -0.4 is 5.32 Å². The number of aromatic nitrogens is 1. The second kappa shape index (κ2) is 5.27. The third kappa shape index (κ3) is 2.85. The van der Waals surface area contributed by atoms with Crippen LogP contribution in [0.15, 0.2) is 22.7 Å². The second-order valence-electron chi connectivity index (χ2n) is 4.08. The summed E-state index contributed by atoms with van der Waals surface area (Å²) in [6, 6.07) is 4.30. The molecule has 0 radical (unpaired) electrons. The van der Waals surface area contributed by atoms with E-state index in [9.17, 15) is 10.1 Å². The zero-order valence-electron chi connectivity index (χ0n) is 10.4. The van der Waals surface area contributed by atoms with Crippen molar-refractivity contribution in [3.05, 3.63) is 50.4 Å². The number of hydrogen-bond donors (Lipinski definition) is 1. The predicted octanol–water partition coefficient (Wildman–Crippen LogP) is 3.47. The van der Waals surface area contributed by atoms with Gasteiger partial charge < -0.3 is 9.84 Å². The van der Waals surface area contributed by atoms with Gasteiger partial charge in [-0.15, -0.1) is 0 Å². The standard InChI is InChI=1S/C12H12ClN3O3/c1-7-10(8(2)19-15-7)6-14-12-4-3-9(16(17)18)5-11(12)13/h3-5,14H,6H2,1-2H3. The van der Waals surface area contributed by atoms with Crippen molar-refractivity contribution in [1.29, 1.82) is 0 Å². The minimum absolute atomic E-state index is 0.0344. The number of halogens is 1. The number of hydrogen-bond acceptors (Lipinski definition) is 5. The Bertz CT molecular complexity index is 605. The molecule has 0 aliphatic rings. The molecule has 1 aromatic heterocycles. The third-order valence-electron chi connectivity index (χ3n) is 2.80. The molecule has 0 amide bonds. The fraction of sp³-hybridized carbons (Fsp3) is 0.250. The average Bonchev–Trinajstić information content (AvgIpc) is 2.68. The molecule has 1 aromatic carbocycles. The lowest BCUT2D eigenvalue weighted by Gasteiger charge is -2.07. The molecule has 6 nitrogen and oxygen atoms in total. The van der Waals surface area contributed by atoms with Crippen LogP contribution in [0, 0.1) is 24.0 Å².